The van der Waals surface area contributed by atoms with E-state index in [0.29, 0.717) is 25.9 Å². The molecule has 6 N–H and O–H groups in total. The van der Waals surface area contributed by atoms with E-state index in [2.05, 4.69) is 0 Å². The van der Waals surface area contributed by atoms with E-state index in [1.807, 2.05) is 6.92 Å². The summed E-state index contributed by atoms with van der Waals surface area (Å²) in [7, 11) is 0. The number of ether oxygens (including phenoxy) is 6. The van der Waals surface area contributed by atoms with Crippen molar-refractivity contribution in [1.29, 1.82) is 0 Å². The highest BCUT2D eigenvalue weighted by atomic mass is 16.7. The van der Waals surface area contributed by atoms with E-state index in [0.717, 1.165) is 32.1 Å². The fourth-order valence-corrected chi connectivity index (χ4v) is 7.15. The van der Waals surface area contributed by atoms with Crippen molar-refractivity contribution in [3.05, 3.63) is 0 Å². The topological polar surface area (TPSA) is 194 Å². The largest absolute Gasteiger partial charge is 0.479 e. The van der Waals surface area contributed by atoms with Gasteiger partial charge < -0.3 is 59.1 Å². The number of aliphatic carboxylic acids is 1. The summed E-state index contributed by atoms with van der Waals surface area (Å²) in [5, 5.41) is 62.6. The summed E-state index contributed by atoms with van der Waals surface area (Å²) >= 11 is 0. The maximum absolute atomic E-state index is 12.4. The number of hydrogen-bond donors (Lipinski definition) is 6. The Hall–Kier alpha value is -0.970. The Morgan fingerprint density at radius 1 is 0.857 bits per heavy atom. The van der Waals surface area contributed by atoms with E-state index in [9.17, 15) is 35.4 Å². The second-order valence-electron chi connectivity index (χ2n) is 12.8. The van der Waals surface area contributed by atoms with Crippen LogP contribution in [0.2, 0.25) is 0 Å². The first-order valence-corrected chi connectivity index (χ1v) is 15.5. The summed E-state index contributed by atoms with van der Waals surface area (Å²) in [6.07, 6.45) is -7.16. The highest BCUT2D eigenvalue weighted by molar-refractivity contribution is 5.74. The molecule has 5 aliphatic rings. The van der Waals surface area contributed by atoms with Crippen molar-refractivity contribution in [2.24, 2.45) is 17.3 Å². The first-order chi connectivity index (χ1) is 20.1. The minimum Gasteiger partial charge on any atom is -0.479 e. The molecular weight excluding hydrogens is 556 g/mol. The van der Waals surface area contributed by atoms with E-state index < -0.39 is 97.5 Å². The van der Waals surface area contributed by atoms with Gasteiger partial charge in [-0.05, 0) is 51.4 Å². The van der Waals surface area contributed by atoms with Crippen LogP contribution in [0.4, 0.5) is 0 Å². The SMILES string of the molecule is CCC1CCCC(OC2OCC(CO)C(O)C3OC(C(=O)O)C4(CCCOC23)CC4)C1OC1OC(C)C(O)C(O)C1O. The molecule has 13 heteroatoms. The van der Waals surface area contributed by atoms with Gasteiger partial charge in [0.15, 0.2) is 18.7 Å². The van der Waals surface area contributed by atoms with Crippen molar-refractivity contribution in [1.82, 2.24) is 0 Å². The van der Waals surface area contributed by atoms with Gasteiger partial charge in [-0.1, -0.05) is 19.8 Å². The van der Waals surface area contributed by atoms with Gasteiger partial charge >= 0.3 is 5.97 Å². The number of carboxylic acid groups (broad SMARTS) is 1. The van der Waals surface area contributed by atoms with Gasteiger partial charge in [-0.3, -0.25) is 0 Å². The lowest BCUT2D eigenvalue weighted by Gasteiger charge is -2.45. The van der Waals surface area contributed by atoms with E-state index in [-0.39, 0.29) is 12.5 Å². The smallest absolute Gasteiger partial charge is 0.333 e. The van der Waals surface area contributed by atoms with Crippen molar-refractivity contribution in [2.75, 3.05) is 19.8 Å². The highest BCUT2D eigenvalue weighted by Crippen LogP contribution is 2.55. The highest BCUT2D eigenvalue weighted by Gasteiger charge is 2.57. The number of aliphatic hydroxyl groups is 5. The summed E-state index contributed by atoms with van der Waals surface area (Å²) in [6, 6.07) is 0. The quantitative estimate of drug-likeness (QED) is 0.226. The number of hydrogen-bond acceptors (Lipinski definition) is 12. The molecule has 3 heterocycles. The molecule has 3 aliphatic heterocycles. The van der Waals surface area contributed by atoms with Crippen LogP contribution in [-0.4, -0.2) is 130 Å². The first kappa shape index (κ1) is 32.4. The van der Waals surface area contributed by atoms with Crippen LogP contribution in [0.1, 0.15) is 65.2 Å². The zero-order valence-electron chi connectivity index (χ0n) is 24.4. The van der Waals surface area contributed by atoms with Crippen molar-refractivity contribution in [3.63, 3.8) is 0 Å². The minimum absolute atomic E-state index is 0.0278. The van der Waals surface area contributed by atoms with Gasteiger partial charge in [-0.25, -0.2) is 4.79 Å². The van der Waals surface area contributed by atoms with Crippen LogP contribution in [0.25, 0.3) is 0 Å². The van der Waals surface area contributed by atoms with Gasteiger partial charge in [0, 0.05) is 17.9 Å². The van der Waals surface area contributed by atoms with Gasteiger partial charge in [0.05, 0.1) is 37.6 Å². The third kappa shape index (κ3) is 6.52. The summed E-state index contributed by atoms with van der Waals surface area (Å²) in [6.45, 7) is 3.44. The lowest BCUT2D eigenvalue weighted by molar-refractivity contribution is -0.330. The standard InChI is InChI=1S/C29H48O13/c1-3-15-6-4-7-17(22(15)42-27-21(34)20(33)18(31)14(2)39-27)40-28-24-23(19(32)16(12-30)13-38-28)41-25(26(35)36)29(9-10-29)8-5-11-37-24/h14-25,27-28,30-34H,3-13H2,1-2H3,(H,35,36). The number of carbonyl (C=O) groups is 1. The number of aliphatic hydroxyl groups excluding tert-OH is 5. The maximum Gasteiger partial charge on any atom is 0.333 e. The molecule has 0 radical (unpaired) electrons. The van der Waals surface area contributed by atoms with Crippen LogP contribution >= 0.6 is 0 Å². The van der Waals surface area contributed by atoms with Crippen molar-refractivity contribution < 1.29 is 63.9 Å². The Balaban J connectivity index is 1.39. The Bertz CT molecular complexity index is 901. The van der Waals surface area contributed by atoms with E-state index in [1.165, 1.54) is 0 Å². The first-order valence-electron chi connectivity index (χ1n) is 15.5. The van der Waals surface area contributed by atoms with E-state index >= 15 is 0 Å². The summed E-state index contributed by atoms with van der Waals surface area (Å²) in [4.78, 5) is 12.4. The molecule has 0 aromatic rings. The number of fused-ring (bicyclic) bond motifs is 1. The van der Waals surface area contributed by atoms with Crippen molar-refractivity contribution >= 4 is 5.97 Å². The molecule has 0 bridgehead atoms. The molecule has 2 aliphatic carbocycles. The average Bonchev–Trinajstić information content (AvgIpc) is 3.75. The molecule has 14 atom stereocenters. The van der Waals surface area contributed by atoms with Crippen LogP contribution < -0.4 is 0 Å². The average molecular weight is 605 g/mol. The van der Waals surface area contributed by atoms with Gasteiger partial charge in [-0.2, -0.15) is 0 Å². The Morgan fingerprint density at radius 2 is 1.62 bits per heavy atom. The number of carboxylic acids is 1. The third-order valence-corrected chi connectivity index (χ3v) is 10.0. The number of rotatable bonds is 7. The molecular formula is C29H48O13. The van der Waals surface area contributed by atoms with Gasteiger partial charge in [0.25, 0.3) is 0 Å². The maximum atomic E-state index is 12.4. The van der Waals surface area contributed by atoms with Crippen molar-refractivity contribution in [3.8, 4) is 0 Å². The lowest BCUT2D eigenvalue weighted by atomic mass is 9.82. The Morgan fingerprint density at radius 3 is 2.29 bits per heavy atom. The van der Waals surface area contributed by atoms with Crippen LogP contribution in [0.15, 0.2) is 0 Å². The zero-order chi connectivity index (χ0) is 30.2. The zero-order valence-corrected chi connectivity index (χ0v) is 24.4. The summed E-state index contributed by atoms with van der Waals surface area (Å²) in [5.41, 5.74) is -0.505. The molecule has 5 fully saturated rings. The normalized spacial score (nSPS) is 47.9. The second-order valence-corrected chi connectivity index (χ2v) is 12.8. The van der Waals surface area contributed by atoms with Crippen LogP contribution in [0.5, 0.6) is 0 Å². The van der Waals surface area contributed by atoms with Gasteiger partial charge in [0.2, 0.25) is 0 Å². The molecule has 0 aromatic carbocycles. The monoisotopic (exact) mass is 604 g/mol. The van der Waals surface area contributed by atoms with Crippen LogP contribution in [0.3, 0.4) is 0 Å². The molecule has 0 aromatic heterocycles. The van der Waals surface area contributed by atoms with Crippen LogP contribution in [0, 0.1) is 17.3 Å². The van der Waals surface area contributed by atoms with E-state index in [1.54, 1.807) is 6.92 Å². The molecule has 3 saturated heterocycles. The van der Waals surface area contributed by atoms with Gasteiger partial charge in [-0.15, -0.1) is 0 Å². The Labute approximate surface area is 246 Å². The molecule has 42 heavy (non-hydrogen) atoms. The summed E-state index contributed by atoms with van der Waals surface area (Å²) in [5.74, 6) is -1.82. The van der Waals surface area contributed by atoms with Gasteiger partial charge in [0.1, 0.15) is 30.5 Å². The fraction of sp³-hybridized carbons (Fsp3) is 0.966. The third-order valence-electron chi connectivity index (χ3n) is 10.0. The van der Waals surface area contributed by atoms with Crippen LogP contribution in [-0.2, 0) is 33.2 Å². The van der Waals surface area contributed by atoms with Crippen molar-refractivity contribution in [2.45, 2.75) is 139 Å². The lowest BCUT2D eigenvalue weighted by Crippen LogP contribution is -2.59. The predicted molar refractivity (Wildman–Crippen MR) is 143 cm³/mol. The summed E-state index contributed by atoms with van der Waals surface area (Å²) < 4.78 is 37.2. The van der Waals surface area contributed by atoms with E-state index in [4.69, 9.17) is 28.4 Å². The molecule has 0 amide bonds. The molecule has 2 saturated carbocycles. The predicted octanol–water partition coefficient (Wildman–Crippen LogP) is -0.0823. The molecule has 14 unspecified atom stereocenters. The fourth-order valence-electron chi connectivity index (χ4n) is 7.15. The Kier molecular flexibility index (Phi) is 10.5. The minimum atomic E-state index is -1.47. The molecule has 13 nitrogen and oxygen atoms in total. The second kappa shape index (κ2) is 13.6. The molecule has 5 rings (SSSR count). The molecule has 1 spiro atoms. The molecule has 242 valence electrons.